The van der Waals surface area contributed by atoms with Crippen molar-refractivity contribution < 1.29 is 19.6 Å². The number of anilines is 1. The third kappa shape index (κ3) is 3.02. The Bertz CT molecular complexity index is 898. The summed E-state index contributed by atoms with van der Waals surface area (Å²) in [5.74, 6) is 0.270. The second-order valence-corrected chi connectivity index (χ2v) is 5.20. The Morgan fingerprint density at radius 3 is 2.60 bits per heavy atom. The van der Waals surface area contributed by atoms with Gasteiger partial charge in [0, 0.05) is 20.1 Å². The van der Waals surface area contributed by atoms with Crippen LogP contribution >= 0.6 is 0 Å². The van der Waals surface area contributed by atoms with Crippen molar-refractivity contribution in [1.82, 2.24) is 19.7 Å². The molecular formula is C14H16N6O5. The molecule has 0 aliphatic rings. The first-order valence-electron chi connectivity index (χ1n) is 7.45. The minimum atomic E-state index is -0.629. The number of furan rings is 1. The fourth-order valence-corrected chi connectivity index (χ4v) is 2.60. The number of aliphatic hydroxyl groups excluding tert-OH is 2. The van der Waals surface area contributed by atoms with Crippen molar-refractivity contribution in [1.29, 1.82) is 0 Å². The summed E-state index contributed by atoms with van der Waals surface area (Å²) < 4.78 is 6.77. The second-order valence-electron chi connectivity index (χ2n) is 5.20. The van der Waals surface area contributed by atoms with Gasteiger partial charge in [0.2, 0.25) is 0 Å². The molecule has 25 heavy (non-hydrogen) atoms. The molecule has 11 nitrogen and oxygen atoms in total. The normalized spacial score (nSPS) is 11.2. The van der Waals surface area contributed by atoms with E-state index in [0.717, 1.165) is 0 Å². The van der Waals surface area contributed by atoms with Gasteiger partial charge in [-0.1, -0.05) is 0 Å². The summed E-state index contributed by atoms with van der Waals surface area (Å²) in [6, 6.07) is 2.71. The molecule has 0 atom stereocenters. The predicted molar refractivity (Wildman–Crippen MR) is 87.0 cm³/mol. The molecule has 0 bridgehead atoms. The smallest absolute Gasteiger partial charge is 0.399 e. The van der Waals surface area contributed by atoms with Crippen molar-refractivity contribution in [2.24, 2.45) is 7.05 Å². The zero-order chi connectivity index (χ0) is 18.0. The van der Waals surface area contributed by atoms with Gasteiger partial charge in [0.1, 0.15) is 22.8 Å². The lowest BCUT2D eigenvalue weighted by atomic mass is 10.2. The fourth-order valence-electron chi connectivity index (χ4n) is 2.60. The lowest BCUT2D eigenvalue weighted by Crippen LogP contribution is -2.30. The highest BCUT2D eigenvalue weighted by atomic mass is 16.6. The highest BCUT2D eigenvalue weighted by Gasteiger charge is 2.23. The Morgan fingerprint density at radius 1 is 1.28 bits per heavy atom. The van der Waals surface area contributed by atoms with Crippen LogP contribution < -0.4 is 4.90 Å². The predicted octanol–water partition coefficient (Wildman–Crippen LogP) is 0.322. The van der Waals surface area contributed by atoms with Crippen molar-refractivity contribution in [2.75, 3.05) is 31.2 Å². The molecule has 0 amide bonds. The lowest BCUT2D eigenvalue weighted by molar-refractivity contribution is -0.401. The Morgan fingerprint density at radius 2 is 2.00 bits per heavy atom. The number of rotatable bonds is 7. The first-order valence-corrected chi connectivity index (χ1v) is 7.45. The number of aliphatic hydroxyl groups is 2. The van der Waals surface area contributed by atoms with Crippen LogP contribution in [0, 0.1) is 10.1 Å². The standard InChI is InChI=1S/C14H16N6O5/c1-18-13-11(12(17-18)9-2-3-10(25-9)20(23)24)14(16-8-15-13)19(4-6-21)5-7-22/h2-3,8,21-22H,4-7H2,1H3. The minimum absolute atomic E-state index is 0.132. The van der Waals surface area contributed by atoms with Crippen molar-refractivity contribution in [3.05, 3.63) is 28.6 Å². The zero-order valence-corrected chi connectivity index (χ0v) is 13.4. The fraction of sp³-hybridized carbons (Fsp3) is 0.357. The van der Waals surface area contributed by atoms with E-state index in [-0.39, 0.29) is 32.1 Å². The molecule has 2 N–H and O–H groups in total. The van der Waals surface area contributed by atoms with E-state index in [0.29, 0.717) is 22.5 Å². The molecule has 3 heterocycles. The van der Waals surface area contributed by atoms with Crippen LogP contribution in [0.1, 0.15) is 0 Å². The molecule has 0 unspecified atom stereocenters. The van der Waals surface area contributed by atoms with Crippen molar-refractivity contribution in [2.45, 2.75) is 0 Å². The Hall–Kier alpha value is -3.05. The summed E-state index contributed by atoms with van der Waals surface area (Å²) in [7, 11) is 1.68. The summed E-state index contributed by atoms with van der Waals surface area (Å²) in [4.78, 5) is 20.4. The average Bonchev–Trinajstić information content (AvgIpc) is 3.20. The van der Waals surface area contributed by atoms with Crippen molar-refractivity contribution >= 4 is 22.7 Å². The van der Waals surface area contributed by atoms with Crippen molar-refractivity contribution in [3.63, 3.8) is 0 Å². The van der Waals surface area contributed by atoms with E-state index >= 15 is 0 Å². The van der Waals surface area contributed by atoms with Gasteiger partial charge in [-0.3, -0.25) is 10.1 Å². The van der Waals surface area contributed by atoms with Gasteiger partial charge in [-0.15, -0.1) is 0 Å². The quantitative estimate of drug-likeness (QED) is 0.455. The van der Waals surface area contributed by atoms with Gasteiger partial charge in [-0.05, 0) is 6.07 Å². The summed E-state index contributed by atoms with van der Waals surface area (Å²) >= 11 is 0. The third-order valence-electron chi connectivity index (χ3n) is 3.65. The van der Waals surface area contributed by atoms with Gasteiger partial charge < -0.3 is 19.5 Å². The van der Waals surface area contributed by atoms with Crippen LogP contribution in [0.5, 0.6) is 0 Å². The van der Waals surface area contributed by atoms with E-state index in [1.807, 2.05) is 0 Å². The Kier molecular flexibility index (Phi) is 4.59. The number of aromatic nitrogens is 4. The maximum atomic E-state index is 10.9. The molecule has 11 heteroatoms. The summed E-state index contributed by atoms with van der Waals surface area (Å²) in [6.07, 6.45) is 1.36. The number of hydrogen-bond donors (Lipinski definition) is 2. The van der Waals surface area contributed by atoms with Crippen LogP contribution in [0.15, 0.2) is 22.9 Å². The molecule has 0 aromatic carbocycles. The van der Waals surface area contributed by atoms with Crippen LogP contribution in [0.4, 0.5) is 11.7 Å². The first-order chi connectivity index (χ1) is 12.1. The monoisotopic (exact) mass is 348 g/mol. The molecule has 0 saturated heterocycles. The molecule has 0 aliphatic heterocycles. The highest BCUT2D eigenvalue weighted by Crippen LogP contribution is 2.34. The molecule has 0 saturated carbocycles. The molecule has 3 rings (SSSR count). The van der Waals surface area contributed by atoms with Crippen LogP contribution in [-0.4, -0.2) is 61.2 Å². The third-order valence-corrected chi connectivity index (χ3v) is 3.65. The molecule has 0 radical (unpaired) electrons. The molecule has 3 aromatic heterocycles. The topological polar surface area (TPSA) is 144 Å². The van der Waals surface area contributed by atoms with E-state index in [4.69, 9.17) is 4.42 Å². The maximum absolute atomic E-state index is 10.9. The van der Waals surface area contributed by atoms with E-state index in [2.05, 4.69) is 15.1 Å². The molecule has 0 spiro atoms. The molecule has 3 aromatic rings. The van der Waals surface area contributed by atoms with Crippen molar-refractivity contribution in [3.8, 4) is 11.5 Å². The Balaban J connectivity index is 2.20. The summed E-state index contributed by atoms with van der Waals surface area (Å²) in [5.41, 5.74) is 0.849. The van der Waals surface area contributed by atoms with E-state index in [1.54, 1.807) is 11.9 Å². The number of hydrogen-bond acceptors (Lipinski definition) is 9. The van der Waals surface area contributed by atoms with E-state index in [9.17, 15) is 20.3 Å². The zero-order valence-electron chi connectivity index (χ0n) is 13.4. The largest absolute Gasteiger partial charge is 0.433 e. The second kappa shape index (κ2) is 6.83. The highest BCUT2D eigenvalue weighted by molar-refractivity contribution is 5.98. The molecular weight excluding hydrogens is 332 g/mol. The molecule has 0 fully saturated rings. The molecule has 132 valence electrons. The number of aryl methyl sites for hydroxylation is 1. The number of nitrogens with zero attached hydrogens (tertiary/aromatic N) is 6. The van der Waals surface area contributed by atoms with E-state index in [1.165, 1.54) is 23.1 Å². The SMILES string of the molecule is Cn1nc(-c2ccc([N+](=O)[O-])o2)c2c(N(CCO)CCO)ncnc21. The van der Waals surface area contributed by atoms with Gasteiger partial charge in [-0.25, -0.2) is 14.6 Å². The number of nitro groups is 1. The van der Waals surface area contributed by atoms with Gasteiger partial charge in [0.15, 0.2) is 11.4 Å². The minimum Gasteiger partial charge on any atom is -0.399 e. The summed E-state index contributed by atoms with van der Waals surface area (Å²) in [5, 5.41) is 34.3. The van der Waals surface area contributed by atoms with E-state index < -0.39 is 10.8 Å². The van der Waals surface area contributed by atoms with Crippen LogP contribution in [0.25, 0.3) is 22.5 Å². The first kappa shape index (κ1) is 16.8. The van der Waals surface area contributed by atoms with Gasteiger partial charge in [0.25, 0.3) is 0 Å². The Labute approximate surface area is 141 Å². The van der Waals surface area contributed by atoms with Crippen LogP contribution in [0.2, 0.25) is 0 Å². The van der Waals surface area contributed by atoms with Gasteiger partial charge >= 0.3 is 5.88 Å². The van der Waals surface area contributed by atoms with Gasteiger partial charge in [-0.2, -0.15) is 5.10 Å². The summed E-state index contributed by atoms with van der Waals surface area (Å²) in [6.45, 7) is 0.235. The number of fused-ring (bicyclic) bond motifs is 1. The van der Waals surface area contributed by atoms with Gasteiger partial charge in [0.05, 0.1) is 24.7 Å². The van der Waals surface area contributed by atoms with Crippen LogP contribution in [-0.2, 0) is 7.05 Å². The lowest BCUT2D eigenvalue weighted by Gasteiger charge is -2.22. The average molecular weight is 348 g/mol. The maximum Gasteiger partial charge on any atom is 0.433 e. The van der Waals surface area contributed by atoms with Crippen LogP contribution in [0.3, 0.4) is 0 Å². The molecule has 0 aliphatic carbocycles.